The van der Waals surface area contributed by atoms with Crippen LogP contribution in [0.1, 0.15) is 12.5 Å². The van der Waals surface area contributed by atoms with Gasteiger partial charge in [-0.2, -0.15) is 0 Å². The molecule has 2 N–H and O–H groups in total. The Morgan fingerprint density at radius 1 is 1.11 bits per heavy atom. The van der Waals surface area contributed by atoms with Crippen molar-refractivity contribution in [3.8, 4) is 0 Å². The number of hydrogen-bond acceptors (Lipinski definition) is 2. The summed E-state index contributed by atoms with van der Waals surface area (Å²) in [5, 5.41) is 0.779. The van der Waals surface area contributed by atoms with Crippen LogP contribution < -0.4 is 10.6 Å². The summed E-state index contributed by atoms with van der Waals surface area (Å²) in [6.07, 6.45) is 0. The summed E-state index contributed by atoms with van der Waals surface area (Å²) in [5.74, 6) is 0. The lowest BCUT2D eigenvalue weighted by atomic mass is 10.2. The number of halogens is 1. The molecule has 0 atom stereocenters. The number of anilines is 2. The van der Waals surface area contributed by atoms with E-state index in [9.17, 15) is 0 Å². The largest absolute Gasteiger partial charge is 0.399 e. The molecule has 0 heterocycles. The van der Waals surface area contributed by atoms with E-state index < -0.39 is 0 Å². The SMILES string of the molecule is CCN(Cc1cccc(Cl)c1)c1ccc(N)cc1. The Kier molecular flexibility index (Phi) is 4.11. The minimum atomic E-state index is 0.779. The highest BCUT2D eigenvalue weighted by molar-refractivity contribution is 6.30. The lowest BCUT2D eigenvalue weighted by Gasteiger charge is -2.23. The number of rotatable bonds is 4. The van der Waals surface area contributed by atoms with E-state index in [-0.39, 0.29) is 0 Å². The van der Waals surface area contributed by atoms with Crippen molar-refractivity contribution >= 4 is 23.0 Å². The first-order chi connectivity index (χ1) is 8.69. The van der Waals surface area contributed by atoms with Gasteiger partial charge >= 0.3 is 0 Å². The molecular weight excluding hydrogens is 244 g/mol. The van der Waals surface area contributed by atoms with Gasteiger partial charge in [0.05, 0.1) is 0 Å². The van der Waals surface area contributed by atoms with E-state index in [0.717, 1.165) is 23.8 Å². The molecule has 0 spiro atoms. The maximum Gasteiger partial charge on any atom is 0.0429 e. The molecule has 0 unspecified atom stereocenters. The van der Waals surface area contributed by atoms with E-state index in [0.29, 0.717) is 0 Å². The highest BCUT2D eigenvalue weighted by Crippen LogP contribution is 2.20. The second-order valence-corrected chi connectivity index (χ2v) is 4.67. The molecule has 0 radical (unpaired) electrons. The molecule has 0 aromatic heterocycles. The molecule has 94 valence electrons. The van der Waals surface area contributed by atoms with E-state index >= 15 is 0 Å². The van der Waals surface area contributed by atoms with Gasteiger partial charge in [0.1, 0.15) is 0 Å². The Labute approximate surface area is 113 Å². The van der Waals surface area contributed by atoms with Crippen LogP contribution in [0.4, 0.5) is 11.4 Å². The average molecular weight is 261 g/mol. The zero-order valence-corrected chi connectivity index (χ0v) is 11.2. The van der Waals surface area contributed by atoms with Crippen LogP contribution in [0.5, 0.6) is 0 Å². The monoisotopic (exact) mass is 260 g/mol. The first-order valence-electron chi connectivity index (χ1n) is 6.04. The van der Waals surface area contributed by atoms with Gasteiger partial charge in [-0.05, 0) is 48.9 Å². The molecule has 2 aromatic rings. The predicted octanol–water partition coefficient (Wildman–Crippen LogP) is 3.95. The van der Waals surface area contributed by atoms with Gasteiger partial charge in [0.15, 0.2) is 0 Å². The lowest BCUT2D eigenvalue weighted by molar-refractivity contribution is 0.832. The van der Waals surface area contributed by atoms with E-state index in [1.54, 1.807) is 0 Å². The van der Waals surface area contributed by atoms with Crippen LogP contribution in [0, 0.1) is 0 Å². The first-order valence-corrected chi connectivity index (χ1v) is 6.42. The van der Waals surface area contributed by atoms with Gasteiger partial charge in [-0.1, -0.05) is 23.7 Å². The Hall–Kier alpha value is -1.67. The van der Waals surface area contributed by atoms with Gasteiger partial charge in [-0.3, -0.25) is 0 Å². The molecule has 0 fully saturated rings. The summed E-state index contributed by atoms with van der Waals surface area (Å²) in [6, 6.07) is 15.9. The van der Waals surface area contributed by atoms with Crippen molar-refractivity contribution < 1.29 is 0 Å². The summed E-state index contributed by atoms with van der Waals surface area (Å²) in [4.78, 5) is 2.28. The molecule has 0 saturated carbocycles. The topological polar surface area (TPSA) is 29.3 Å². The van der Waals surface area contributed by atoms with Crippen LogP contribution in [0.15, 0.2) is 48.5 Å². The lowest BCUT2D eigenvalue weighted by Crippen LogP contribution is -2.21. The standard InChI is InChI=1S/C15H17ClN2/c1-2-18(15-8-6-14(17)7-9-15)11-12-4-3-5-13(16)10-12/h3-10H,2,11,17H2,1H3. The van der Waals surface area contributed by atoms with E-state index in [4.69, 9.17) is 17.3 Å². The van der Waals surface area contributed by atoms with Crippen molar-refractivity contribution in [2.24, 2.45) is 0 Å². The summed E-state index contributed by atoms with van der Waals surface area (Å²) >= 11 is 6.00. The fourth-order valence-electron chi connectivity index (χ4n) is 1.93. The smallest absolute Gasteiger partial charge is 0.0429 e. The van der Waals surface area contributed by atoms with Crippen LogP contribution in [0.25, 0.3) is 0 Å². The second-order valence-electron chi connectivity index (χ2n) is 4.24. The van der Waals surface area contributed by atoms with Crippen molar-refractivity contribution in [3.05, 3.63) is 59.1 Å². The van der Waals surface area contributed by atoms with Gasteiger partial charge < -0.3 is 10.6 Å². The number of benzene rings is 2. The molecule has 2 nitrogen and oxygen atoms in total. The fourth-order valence-corrected chi connectivity index (χ4v) is 2.14. The molecule has 0 aliphatic carbocycles. The highest BCUT2D eigenvalue weighted by Gasteiger charge is 2.05. The molecule has 0 bridgehead atoms. The van der Waals surface area contributed by atoms with Gasteiger partial charge in [-0.25, -0.2) is 0 Å². The van der Waals surface area contributed by atoms with Crippen molar-refractivity contribution in [2.45, 2.75) is 13.5 Å². The minimum absolute atomic E-state index is 0.779. The zero-order chi connectivity index (χ0) is 13.0. The van der Waals surface area contributed by atoms with Gasteiger partial charge in [0, 0.05) is 29.5 Å². The third kappa shape index (κ3) is 3.17. The molecule has 2 aromatic carbocycles. The van der Waals surface area contributed by atoms with E-state index in [1.165, 1.54) is 11.3 Å². The average Bonchev–Trinajstić information content (AvgIpc) is 2.37. The molecule has 3 heteroatoms. The third-order valence-electron chi connectivity index (χ3n) is 2.90. The van der Waals surface area contributed by atoms with Gasteiger partial charge in [-0.15, -0.1) is 0 Å². The summed E-state index contributed by atoms with van der Waals surface area (Å²) in [7, 11) is 0. The summed E-state index contributed by atoms with van der Waals surface area (Å²) < 4.78 is 0. The maximum absolute atomic E-state index is 6.00. The predicted molar refractivity (Wildman–Crippen MR) is 79.0 cm³/mol. The van der Waals surface area contributed by atoms with Crippen LogP contribution in [0.2, 0.25) is 5.02 Å². The molecule has 0 saturated heterocycles. The van der Waals surface area contributed by atoms with Crippen LogP contribution in [-0.2, 0) is 6.54 Å². The molecule has 0 amide bonds. The molecule has 18 heavy (non-hydrogen) atoms. The van der Waals surface area contributed by atoms with Crippen LogP contribution >= 0.6 is 11.6 Å². The Morgan fingerprint density at radius 3 is 2.44 bits per heavy atom. The number of nitrogens with two attached hydrogens (primary N) is 1. The Bertz CT molecular complexity index is 508. The van der Waals surface area contributed by atoms with E-state index in [2.05, 4.69) is 17.9 Å². The normalized spacial score (nSPS) is 10.3. The van der Waals surface area contributed by atoms with Gasteiger partial charge in [0.2, 0.25) is 0 Å². The van der Waals surface area contributed by atoms with Crippen molar-refractivity contribution in [2.75, 3.05) is 17.2 Å². The van der Waals surface area contributed by atoms with Crippen molar-refractivity contribution in [1.29, 1.82) is 0 Å². The number of hydrogen-bond donors (Lipinski definition) is 1. The third-order valence-corrected chi connectivity index (χ3v) is 3.14. The quantitative estimate of drug-likeness (QED) is 0.844. The molecule has 0 aliphatic rings. The van der Waals surface area contributed by atoms with Crippen LogP contribution in [-0.4, -0.2) is 6.54 Å². The van der Waals surface area contributed by atoms with Crippen LogP contribution in [0.3, 0.4) is 0 Å². The Balaban J connectivity index is 2.17. The Morgan fingerprint density at radius 2 is 1.83 bits per heavy atom. The highest BCUT2D eigenvalue weighted by atomic mass is 35.5. The molecular formula is C15H17ClN2. The number of nitrogen functional groups attached to an aromatic ring is 1. The van der Waals surface area contributed by atoms with Crippen molar-refractivity contribution in [1.82, 2.24) is 0 Å². The van der Waals surface area contributed by atoms with Gasteiger partial charge in [0.25, 0.3) is 0 Å². The fraction of sp³-hybridized carbons (Fsp3) is 0.200. The molecule has 2 rings (SSSR count). The second kappa shape index (κ2) is 5.78. The molecule has 0 aliphatic heterocycles. The van der Waals surface area contributed by atoms with Crippen molar-refractivity contribution in [3.63, 3.8) is 0 Å². The maximum atomic E-state index is 6.00. The zero-order valence-electron chi connectivity index (χ0n) is 10.4. The summed E-state index contributed by atoms with van der Waals surface area (Å²) in [6.45, 7) is 3.93. The minimum Gasteiger partial charge on any atom is -0.399 e. The van der Waals surface area contributed by atoms with E-state index in [1.807, 2.05) is 42.5 Å². The summed E-state index contributed by atoms with van der Waals surface area (Å²) in [5.41, 5.74) is 8.88. The first kappa shape index (κ1) is 12.8. The number of nitrogens with zero attached hydrogens (tertiary/aromatic N) is 1.